The van der Waals surface area contributed by atoms with Gasteiger partial charge in [-0.05, 0) is 56.3 Å². The Bertz CT molecular complexity index is 991. The number of amides is 1. The molecular formula is C23H29ClN6O2+. The highest BCUT2D eigenvalue weighted by Crippen LogP contribution is 2.23. The van der Waals surface area contributed by atoms with Gasteiger partial charge in [-0.1, -0.05) is 36.4 Å². The minimum absolute atomic E-state index is 0.0262. The third kappa shape index (κ3) is 6.35. The van der Waals surface area contributed by atoms with Crippen molar-refractivity contribution < 1.29 is 9.53 Å². The van der Waals surface area contributed by atoms with Crippen molar-refractivity contribution in [1.82, 2.24) is 24.3 Å². The maximum Gasteiger partial charge on any atom is 0.528 e. The molecule has 3 rings (SSSR count). The number of quaternary nitrogens is 1. The van der Waals surface area contributed by atoms with Crippen molar-refractivity contribution >= 4 is 29.6 Å². The molecule has 0 bridgehead atoms. The molecule has 1 aliphatic rings. The summed E-state index contributed by atoms with van der Waals surface area (Å²) in [5, 5.41) is 0.0262. The minimum Gasteiger partial charge on any atom is -0.381 e. The molecule has 8 nitrogen and oxygen atoms in total. The quantitative estimate of drug-likeness (QED) is 0.559. The van der Waals surface area contributed by atoms with Crippen molar-refractivity contribution in [2.75, 3.05) is 46.2 Å². The smallest absolute Gasteiger partial charge is 0.381 e. The van der Waals surface area contributed by atoms with E-state index in [1.54, 1.807) is 20.2 Å². The second kappa shape index (κ2) is 10.7. The van der Waals surface area contributed by atoms with Gasteiger partial charge >= 0.3 is 12.0 Å². The maximum atomic E-state index is 12.9. The van der Waals surface area contributed by atoms with Crippen LogP contribution in [0.2, 0.25) is 5.28 Å². The van der Waals surface area contributed by atoms with Crippen LogP contribution in [-0.4, -0.2) is 67.2 Å². The summed E-state index contributed by atoms with van der Waals surface area (Å²) in [4.78, 5) is 30.3. The SMILES string of the molecule is CN(C)CCN(Cc1ccccc1)c1nc(Cl)nc([N+](C)(C)C(=O)OC2=CC[CH]C=C2)n1. The number of likely N-dealkylation sites (N-methyl/N-ethyl adjacent to an activating group) is 1. The molecule has 169 valence electrons. The van der Waals surface area contributed by atoms with E-state index in [1.165, 1.54) is 0 Å². The highest BCUT2D eigenvalue weighted by atomic mass is 35.5. The summed E-state index contributed by atoms with van der Waals surface area (Å²) in [7, 11) is 7.35. The number of carbonyl (C=O) groups excluding carboxylic acids is 1. The zero-order chi connectivity index (χ0) is 23.1. The summed E-state index contributed by atoms with van der Waals surface area (Å²) in [5.74, 6) is 1.12. The van der Waals surface area contributed by atoms with Crippen molar-refractivity contribution in [3.8, 4) is 0 Å². The summed E-state index contributed by atoms with van der Waals surface area (Å²) in [6.07, 6.45) is 7.62. The van der Waals surface area contributed by atoms with Gasteiger partial charge in [0.1, 0.15) is 5.76 Å². The van der Waals surface area contributed by atoms with Gasteiger partial charge in [0, 0.05) is 19.6 Å². The highest BCUT2D eigenvalue weighted by molar-refractivity contribution is 6.28. The fourth-order valence-electron chi connectivity index (χ4n) is 2.96. The zero-order valence-electron chi connectivity index (χ0n) is 18.9. The molecule has 0 aliphatic heterocycles. The lowest BCUT2D eigenvalue weighted by atomic mass is 10.2. The van der Waals surface area contributed by atoms with Crippen molar-refractivity contribution in [2.45, 2.75) is 13.0 Å². The van der Waals surface area contributed by atoms with Gasteiger partial charge in [-0.15, -0.1) is 9.97 Å². The molecule has 0 saturated heterocycles. The fourth-order valence-corrected chi connectivity index (χ4v) is 3.11. The molecule has 1 aromatic carbocycles. The summed E-state index contributed by atoms with van der Waals surface area (Å²) in [6, 6.07) is 10.1. The van der Waals surface area contributed by atoms with Gasteiger partial charge in [-0.25, -0.2) is 0 Å². The number of anilines is 1. The third-order valence-corrected chi connectivity index (χ3v) is 5.08. The molecule has 0 fully saturated rings. The van der Waals surface area contributed by atoms with E-state index in [2.05, 4.69) is 19.9 Å². The Hall–Kier alpha value is -2.81. The second-order valence-electron chi connectivity index (χ2n) is 8.17. The topological polar surface area (TPSA) is 71.5 Å². The molecule has 0 spiro atoms. The van der Waals surface area contributed by atoms with Gasteiger partial charge in [0.2, 0.25) is 11.2 Å². The minimum atomic E-state index is -0.515. The van der Waals surface area contributed by atoms with E-state index in [0.29, 0.717) is 31.2 Å². The van der Waals surface area contributed by atoms with Crippen molar-refractivity contribution in [1.29, 1.82) is 0 Å². The standard InChI is InChI=1S/C23H29ClN6O2/c1-28(2)15-16-29(17-18-11-7-5-8-12-18)21-25-20(24)26-22(27-21)30(3,4)23(31)32-19-13-9-6-10-14-19/h5-9,11-14H,10,15-17H2,1-4H3/q+1. The van der Waals surface area contributed by atoms with Crippen LogP contribution in [0.15, 0.2) is 54.3 Å². The van der Waals surface area contributed by atoms with Gasteiger partial charge in [0.15, 0.2) is 0 Å². The van der Waals surface area contributed by atoms with E-state index in [4.69, 9.17) is 16.3 Å². The Kier molecular flexibility index (Phi) is 7.95. The predicted octanol–water partition coefficient (Wildman–Crippen LogP) is 3.84. The molecule has 0 N–H and O–H groups in total. The number of rotatable bonds is 8. The lowest BCUT2D eigenvalue weighted by Gasteiger charge is -2.27. The van der Waals surface area contributed by atoms with Gasteiger partial charge in [-0.3, -0.25) is 0 Å². The largest absolute Gasteiger partial charge is 0.528 e. The molecule has 1 aromatic heterocycles. The summed E-state index contributed by atoms with van der Waals surface area (Å²) in [6.45, 7) is 2.07. The number of nitrogens with zero attached hydrogens (tertiary/aromatic N) is 6. The van der Waals surface area contributed by atoms with Crippen LogP contribution in [-0.2, 0) is 11.3 Å². The van der Waals surface area contributed by atoms with E-state index in [0.717, 1.165) is 12.1 Å². The molecule has 1 aliphatic carbocycles. The Morgan fingerprint density at radius 3 is 2.53 bits per heavy atom. The second-order valence-corrected chi connectivity index (χ2v) is 8.51. The molecule has 0 unspecified atom stereocenters. The lowest BCUT2D eigenvalue weighted by Crippen LogP contribution is -2.48. The third-order valence-electron chi connectivity index (χ3n) is 4.91. The van der Waals surface area contributed by atoms with Gasteiger partial charge in [0.25, 0.3) is 0 Å². The first kappa shape index (κ1) is 23.8. The number of benzene rings is 1. The Morgan fingerprint density at radius 1 is 1.12 bits per heavy atom. The number of ether oxygens (including phenoxy) is 1. The first-order valence-electron chi connectivity index (χ1n) is 10.4. The number of halogens is 1. The summed E-state index contributed by atoms with van der Waals surface area (Å²) >= 11 is 6.27. The van der Waals surface area contributed by atoms with E-state index in [-0.39, 0.29) is 15.7 Å². The first-order chi connectivity index (χ1) is 15.3. The average Bonchev–Trinajstić information content (AvgIpc) is 2.77. The molecule has 1 amide bonds. The number of carbonyl (C=O) groups is 1. The molecule has 1 heterocycles. The molecule has 1 radical (unpaired) electrons. The van der Waals surface area contributed by atoms with E-state index in [9.17, 15) is 4.79 Å². The van der Waals surface area contributed by atoms with Gasteiger partial charge in [0.05, 0.1) is 14.1 Å². The Labute approximate surface area is 194 Å². The number of aromatic nitrogens is 3. The predicted molar refractivity (Wildman–Crippen MR) is 127 cm³/mol. The zero-order valence-corrected chi connectivity index (χ0v) is 19.7. The van der Waals surface area contributed by atoms with Crippen molar-refractivity contribution in [2.24, 2.45) is 0 Å². The van der Waals surface area contributed by atoms with Crippen LogP contribution in [0.1, 0.15) is 12.0 Å². The number of hydrogen-bond acceptors (Lipinski definition) is 7. The molecule has 0 atom stereocenters. The average molecular weight is 457 g/mol. The molecule has 2 aromatic rings. The van der Waals surface area contributed by atoms with Crippen LogP contribution >= 0.6 is 11.6 Å². The maximum absolute atomic E-state index is 12.9. The van der Waals surface area contributed by atoms with Crippen LogP contribution in [0.25, 0.3) is 0 Å². The van der Waals surface area contributed by atoms with Gasteiger partial charge in [-0.2, -0.15) is 14.3 Å². The molecule has 0 saturated carbocycles. The molecule has 32 heavy (non-hydrogen) atoms. The Balaban J connectivity index is 1.88. The van der Waals surface area contributed by atoms with Crippen LogP contribution < -0.4 is 9.38 Å². The monoisotopic (exact) mass is 456 g/mol. The van der Waals surface area contributed by atoms with Crippen LogP contribution in [0.3, 0.4) is 0 Å². The van der Waals surface area contributed by atoms with Crippen LogP contribution in [0.5, 0.6) is 0 Å². The molecular weight excluding hydrogens is 428 g/mol. The fraction of sp³-hybridized carbons (Fsp3) is 0.348. The van der Waals surface area contributed by atoms with Gasteiger partial charge < -0.3 is 14.5 Å². The van der Waals surface area contributed by atoms with E-state index in [1.807, 2.05) is 67.9 Å². The summed E-state index contributed by atoms with van der Waals surface area (Å²) < 4.78 is 5.21. The van der Waals surface area contributed by atoms with Crippen molar-refractivity contribution in [3.63, 3.8) is 0 Å². The Morgan fingerprint density at radius 2 is 1.88 bits per heavy atom. The number of allylic oxidation sites excluding steroid dienone is 3. The van der Waals surface area contributed by atoms with Crippen LogP contribution in [0, 0.1) is 6.42 Å². The van der Waals surface area contributed by atoms with E-state index >= 15 is 0 Å². The first-order valence-corrected chi connectivity index (χ1v) is 10.8. The summed E-state index contributed by atoms with van der Waals surface area (Å²) in [5.41, 5.74) is 1.12. The highest BCUT2D eigenvalue weighted by Gasteiger charge is 2.37. The normalized spacial score (nSPS) is 13.8. The number of hydrogen-bond donors (Lipinski definition) is 0. The lowest BCUT2D eigenvalue weighted by molar-refractivity contribution is 0.148. The van der Waals surface area contributed by atoms with Crippen molar-refractivity contribution in [3.05, 3.63) is 71.6 Å². The van der Waals surface area contributed by atoms with Crippen LogP contribution in [0.4, 0.5) is 16.7 Å². The van der Waals surface area contributed by atoms with E-state index < -0.39 is 6.09 Å². The molecule has 9 heteroatoms.